The second-order valence-corrected chi connectivity index (χ2v) is 6.78. The predicted molar refractivity (Wildman–Crippen MR) is 106 cm³/mol. The third-order valence-electron chi connectivity index (χ3n) is 4.20. The van der Waals surface area contributed by atoms with Crippen LogP contribution in [0.1, 0.15) is 34.8 Å². The van der Waals surface area contributed by atoms with Gasteiger partial charge in [-0.15, -0.1) is 12.4 Å². The Balaban J connectivity index is 0.00000243. The molecule has 4 nitrogen and oxygen atoms in total. The highest BCUT2D eigenvalue weighted by Crippen LogP contribution is 2.27. The molecular weight excluding hydrogens is 397 g/mol. The summed E-state index contributed by atoms with van der Waals surface area (Å²) in [4.78, 5) is 12.6. The molecule has 1 aliphatic heterocycles. The monoisotopic (exact) mass is 415 g/mol. The first-order valence-corrected chi connectivity index (χ1v) is 8.89. The van der Waals surface area contributed by atoms with E-state index in [1.807, 2.05) is 0 Å². The number of carbonyl (C=O) groups is 1. The summed E-state index contributed by atoms with van der Waals surface area (Å²) < 4.78 is 11.2. The molecule has 0 saturated carbocycles. The van der Waals surface area contributed by atoms with Gasteiger partial charge in [-0.3, -0.25) is 4.79 Å². The first-order chi connectivity index (χ1) is 12.0. The fourth-order valence-corrected chi connectivity index (χ4v) is 3.03. The van der Waals surface area contributed by atoms with Gasteiger partial charge in [-0.2, -0.15) is 0 Å². The molecule has 1 unspecified atom stereocenters. The SMILES string of the molecule is Cl.NC(C(=O)c1ccc(OC2CCOCC2)cc1)c1ccc(Cl)c(Cl)c1. The van der Waals surface area contributed by atoms with Crippen molar-refractivity contribution in [2.75, 3.05) is 13.2 Å². The highest BCUT2D eigenvalue weighted by molar-refractivity contribution is 6.42. The molecule has 1 aliphatic rings. The van der Waals surface area contributed by atoms with Gasteiger partial charge in [0.15, 0.2) is 5.78 Å². The van der Waals surface area contributed by atoms with E-state index in [1.54, 1.807) is 42.5 Å². The number of ketones is 1. The maximum atomic E-state index is 12.6. The number of nitrogens with two attached hydrogens (primary N) is 1. The molecule has 26 heavy (non-hydrogen) atoms. The number of Topliss-reactive ketones (excluding diaryl/α,β-unsaturated/α-hetero) is 1. The fraction of sp³-hybridized carbons (Fsp3) is 0.316. The third kappa shape index (κ3) is 5.12. The predicted octanol–water partition coefficient (Wildman–Crippen LogP) is 4.86. The molecule has 3 rings (SSSR count). The number of benzene rings is 2. The van der Waals surface area contributed by atoms with Gasteiger partial charge in [-0.05, 0) is 42.0 Å². The molecule has 0 aromatic heterocycles. The zero-order chi connectivity index (χ0) is 17.8. The second-order valence-electron chi connectivity index (χ2n) is 5.97. The van der Waals surface area contributed by atoms with Crippen LogP contribution in [0.4, 0.5) is 0 Å². The van der Waals surface area contributed by atoms with E-state index in [0.29, 0.717) is 21.2 Å². The molecule has 0 bridgehead atoms. The van der Waals surface area contributed by atoms with Crippen LogP contribution in [0.5, 0.6) is 5.75 Å². The van der Waals surface area contributed by atoms with E-state index in [9.17, 15) is 4.79 Å². The van der Waals surface area contributed by atoms with E-state index >= 15 is 0 Å². The van der Waals surface area contributed by atoms with Crippen LogP contribution in [0.3, 0.4) is 0 Å². The molecule has 1 atom stereocenters. The summed E-state index contributed by atoms with van der Waals surface area (Å²) in [5, 5.41) is 0.808. The smallest absolute Gasteiger partial charge is 0.184 e. The molecular formula is C19H20Cl3NO3. The fourth-order valence-electron chi connectivity index (χ4n) is 2.72. The summed E-state index contributed by atoms with van der Waals surface area (Å²) in [7, 11) is 0. The van der Waals surface area contributed by atoms with Crippen molar-refractivity contribution in [2.45, 2.75) is 25.0 Å². The summed E-state index contributed by atoms with van der Waals surface area (Å²) in [5.74, 6) is 0.558. The lowest BCUT2D eigenvalue weighted by Crippen LogP contribution is -2.26. The molecule has 0 aliphatic carbocycles. The quantitative estimate of drug-likeness (QED) is 0.707. The van der Waals surface area contributed by atoms with Crippen LogP contribution in [0, 0.1) is 0 Å². The maximum absolute atomic E-state index is 12.6. The van der Waals surface area contributed by atoms with Gasteiger partial charge in [0.25, 0.3) is 0 Å². The van der Waals surface area contributed by atoms with Gasteiger partial charge in [-0.1, -0.05) is 29.3 Å². The number of hydrogen-bond donors (Lipinski definition) is 1. The molecule has 140 valence electrons. The van der Waals surface area contributed by atoms with Crippen molar-refractivity contribution >= 4 is 41.4 Å². The average Bonchev–Trinajstić information content (AvgIpc) is 2.64. The van der Waals surface area contributed by atoms with Crippen LogP contribution in [-0.4, -0.2) is 25.1 Å². The van der Waals surface area contributed by atoms with Gasteiger partial charge in [0.05, 0.1) is 29.3 Å². The largest absolute Gasteiger partial charge is 0.490 e. The van der Waals surface area contributed by atoms with Gasteiger partial charge < -0.3 is 15.2 Å². The van der Waals surface area contributed by atoms with Gasteiger partial charge in [-0.25, -0.2) is 0 Å². The first kappa shape index (κ1) is 21.0. The molecule has 1 fully saturated rings. The van der Waals surface area contributed by atoms with E-state index in [1.165, 1.54) is 0 Å². The number of hydrogen-bond acceptors (Lipinski definition) is 4. The van der Waals surface area contributed by atoms with Crippen molar-refractivity contribution < 1.29 is 14.3 Å². The molecule has 0 amide bonds. The van der Waals surface area contributed by atoms with Crippen molar-refractivity contribution in [3.05, 3.63) is 63.6 Å². The molecule has 1 saturated heterocycles. The summed E-state index contributed by atoms with van der Waals surface area (Å²) in [6.07, 6.45) is 1.92. The first-order valence-electron chi connectivity index (χ1n) is 8.14. The molecule has 0 radical (unpaired) electrons. The molecule has 0 spiro atoms. The van der Waals surface area contributed by atoms with E-state index in [-0.39, 0.29) is 24.3 Å². The number of ether oxygens (including phenoxy) is 2. The zero-order valence-corrected chi connectivity index (χ0v) is 16.3. The average molecular weight is 417 g/mol. The van der Waals surface area contributed by atoms with Gasteiger partial charge in [0, 0.05) is 18.4 Å². The van der Waals surface area contributed by atoms with E-state index < -0.39 is 6.04 Å². The van der Waals surface area contributed by atoms with E-state index in [4.69, 9.17) is 38.4 Å². The highest BCUT2D eigenvalue weighted by Gasteiger charge is 2.19. The number of rotatable bonds is 5. The zero-order valence-electron chi connectivity index (χ0n) is 14.0. The van der Waals surface area contributed by atoms with Crippen LogP contribution in [0.25, 0.3) is 0 Å². The number of carbonyl (C=O) groups excluding carboxylic acids is 1. The highest BCUT2D eigenvalue weighted by atomic mass is 35.5. The van der Waals surface area contributed by atoms with E-state index in [2.05, 4.69) is 0 Å². The Morgan fingerprint density at radius 2 is 1.73 bits per heavy atom. The van der Waals surface area contributed by atoms with Crippen LogP contribution < -0.4 is 10.5 Å². The minimum Gasteiger partial charge on any atom is -0.490 e. The normalized spacial score (nSPS) is 15.8. The van der Waals surface area contributed by atoms with Crippen molar-refractivity contribution in [3.63, 3.8) is 0 Å². The lowest BCUT2D eigenvalue weighted by atomic mass is 9.98. The van der Waals surface area contributed by atoms with Crippen LogP contribution in [0.15, 0.2) is 42.5 Å². The lowest BCUT2D eigenvalue weighted by Gasteiger charge is -2.23. The number of halogens is 3. The molecule has 2 aromatic carbocycles. The standard InChI is InChI=1S/C19H19Cl2NO3.ClH/c20-16-6-3-13(11-17(16)21)18(22)19(23)12-1-4-14(5-2-12)25-15-7-9-24-10-8-15;/h1-6,11,15,18H,7-10,22H2;1H. The Labute approximate surface area is 169 Å². The van der Waals surface area contributed by atoms with Crippen molar-refractivity contribution in [3.8, 4) is 5.75 Å². The molecule has 7 heteroatoms. The van der Waals surface area contributed by atoms with Gasteiger partial charge >= 0.3 is 0 Å². The third-order valence-corrected chi connectivity index (χ3v) is 4.93. The minimum atomic E-state index is -0.794. The molecule has 2 N–H and O–H groups in total. The van der Waals surface area contributed by atoms with Crippen LogP contribution in [0.2, 0.25) is 10.0 Å². The Kier molecular flexibility index (Phi) is 7.74. The Morgan fingerprint density at radius 1 is 1.08 bits per heavy atom. The van der Waals surface area contributed by atoms with Crippen molar-refractivity contribution in [1.29, 1.82) is 0 Å². The van der Waals surface area contributed by atoms with Crippen molar-refractivity contribution in [1.82, 2.24) is 0 Å². The van der Waals surface area contributed by atoms with Crippen LogP contribution >= 0.6 is 35.6 Å². The maximum Gasteiger partial charge on any atom is 0.184 e. The summed E-state index contributed by atoms with van der Waals surface area (Å²) in [6, 6.07) is 11.2. The van der Waals surface area contributed by atoms with Crippen molar-refractivity contribution in [2.24, 2.45) is 5.73 Å². The second kappa shape index (κ2) is 9.58. The summed E-state index contributed by atoms with van der Waals surface area (Å²) >= 11 is 11.9. The van der Waals surface area contributed by atoms with Crippen LogP contribution in [-0.2, 0) is 4.74 Å². The Bertz CT molecular complexity index is 746. The van der Waals surface area contributed by atoms with Gasteiger partial charge in [0.2, 0.25) is 0 Å². The molecule has 1 heterocycles. The Morgan fingerprint density at radius 3 is 2.35 bits per heavy atom. The minimum absolute atomic E-state index is 0. The molecule has 2 aromatic rings. The Hall–Kier alpha value is -1.30. The summed E-state index contributed by atoms with van der Waals surface area (Å²) in [5.41, 5.74) is 7.23. The lowest BCUT2D eigenvalue weighted by molar-refractivity contribution is 0.0256. The van der Waals surface area contributed by atoms with E-state index in [0.717, 1.165) is 31.8 Å². The van der Waals surface area contributed by atoms with Gasteiger partial charge in [0.1, 0.15) is 11.9 Å². The summed E-state index contributed by atoms with van der Waals surface area (Å²) in [6.45, 7) is 1.44. The topological polar surface area (TPSA) is 61.6 Å².